The van der Waals surface area contributed by atoms with Gasteiger partial charge in [-0.1, -0.05) is 12.1 Å². The number of amides is 1. The predicted octanol–water partition coefficient (Wildman–Crippen LogP) is 1.47. The Hall–Kier alpha value is -1.10. The van der Waals surface area contributed by atoms with Gasteiger partial charge in [-0.2, -0.15) is 0 Å². The molecule has 1 rings (SSSR count). The zero-order chi connectivity index (χ0) is 14.5. The molecule has 0 aromatic heterocycles. The summed E-state index contributed by atoms with van der Waals surface area (Å²) in [5.74, 6) is -0.116. The van der Waals surface area contributed by atoms with E-state index in [2.05, 4.69) is 16.2 Å². The van der Waals surface area contributed by atoms with E-state index < -0.39 is 6.98 Å². The number of hydrogen-bond donors (Lipinski definition) is 3. The van der Waals surface area contributed by atoms with Gasteiger partial charge in [-0.15, -0.1) is 12.4 Å². The van der Waals surface area contributed by atoms with Crippen molar-refractivity contribution in [3.05, 3.63) is 35.4 Å². The van der Waals surface area contributed by atoms with Gasteiger partial charge >= 0.3 is 0 Å². The molecule has 5 heteroatoms. The van der Waals surface area contributed by atoms with E-state index in [-0.39, 0.29) is 24.4 Å². The van der Waals surface area contributed by atoms with Crippen LogP contribution in [0.5, 0.6) is 0 Å². The Balaban J connectivity index is 0.00000361. The SMILES string of the molecule is Cl.[2H]C([2H])([2H])NNCc1ccc(C(=O)NC(C)C)cc1. The summed E-state index contributed by atoms with van der Waals surface area (Å²) in [6, 6.07) is 7.08. The van der Waals surface area contributed by atoms with Gasteiger partial charge in [0.05, 0.1) is 0 Å². The van der Waals surface area contributed by atoms with E-state index in [4.69, 9.17) is 4.11 Å². The maximum Gasteiger partial charge on any atom is 0.251 e. The lowest BCUT2D eigenvalue weighted by Gasteiger charge is -2.09. The highest BCUT2D eigenvalue weighted by atomic mass is 35.5. The summed E-state index contributed by atoms with van der Waals surface area (Å²) in [5.41, 5.74) is 6.29. The number of carbonyl (C=O) groups excluding carboxylic acids is 1. The van der Waals surface area contributed by atoms with Crippen LogP contribution in [-0.2, 0) is 6.54 Å². The molecule has 1 aromatic carbocycles. The maximum atomic E-state index is 11.7. The lowest BCUT2D eigenvalue weighted by Crippen LogP contribution is -2.30. The Morgan fingerprint density at radius 3 is 2.53 bits per heavy atom. The van der Waals surface area contributed by atoms with Crippen LogP contribution in [0.15, 0.2) is 24.3 Å². The summed E-state index contributed by atoms with van der Waals surface area (Å²) in [4.78, 5) is 11.7. The Labute approximate surface area is 113 Å². The van der Waals surface area contributed by atoms with Crippen molar-refractivity contribution < 1.29 is 8.91 Å². The molecule has 0 aliphatic carbocycles. The quantitative estimate of drug-likeness (QED) is 0.703. The van der Waals surface area contributed by atoms with E-state index in [1.54, 1.807) is 24.3 Å². The molecule has 1 amide bonds. The molecule has 0 aliphatic rings. The largest absolute Gasteiger partial charge is 0.350 e. The molecule has 0 fully saturated rings. The minimum atomic E-state index is -2.21. The average Bonchev–Trinajstić information content (AvgIpc) is 2.27. The van der Waals surface area contributed by atoms with Gasteiger partial charge in [0.2, 0.25) is 0 Å². The highest BCUT2D eigenvalue weighted by Crippen LogP contribution is 2.04. The Morgan fingerprint density at radius 1 is 1.35 bits per heavy atom. The van der Waals surface area contributed by atoms with Crippen LogP contribution in [0.3, 0.4) is 0 Å². The van der Waals surface area contributed by atoms with Crippen molar-refractivity contribution in [2.24, 2.45) is 0 Å². The fraction of sp³-hybridized carbons (Fsp3) is 0.417. The summed E-state index contributed by atoms with van der Waals surface area (Å²) in [6.45, 7) is 1.95. The number of halogens is 1. The molecule has 4 nitrogen and oxygen atoms in total. The number of hydrazine groups is 1. The lowest BCUT2D eigenvalue weighted by molar-refractivity contribution is 0.0943. The van der Waals surface area contributed by atoms with Gasteiger partial charge in [-0.3, -0.25) is 15.6 Å². The third kappa shape index (κ3) is 5.68. The molecule has 0 aliphatic heterocycles. The van der Waals surface area contributed by atoms with Gasteiger partial charge < -0.3 is 5.32 Å². The van der Waals surface area contributed by atoms with Crippen molar-refractivity contribution in [3.63, 3.8) is 0 Å². The van der Waals surface area contributed by atoms with Crippen LogP contribution in [0.25, 0.3) is 0 Å². The molecule has 0 saturated heterocycles. The van der Waals surface area contributed by atoms with Crippen LogP contribution >= 0.6 is 12.4 Å². The number of benzene rings is 1. The molecule has 3 N–H and O–H groups in total. The zero-order valence-corrected chi connectivity index (χ0v) is 10.7. The lowest BCUT2D eigenvalue weighted by atomic mass is 10.1. The topological polar surface area (TPSA) is 53.2 Å². The second-order valence-corrected chi connectivity index (χ2v) is 3.80. The minimum Gasteiger partial charge on any atom is -0.350 e. The molecule has 17 heavy (non-hydrogen) atoms. The molecular weight excluding hydrogens is 238 g/mol. The van der Waals surface area contributed by atoms with Crippen LogP contribution in [0.4, 0.5) is 0 Å². The van der Waals surface area contributed by atoms with Crippen molar-refractivity contribution in [2.45, 2.75) is 26.4 Å². The highest BCUT2D eigenvalue weighted by Gasteiger charge is 2.05. The number of rotatable bonds is 5. The molecular formula is C12H20ClN3O. The van der Waals surface area contributed by atoms with Gasteiger partial charge in [0.25, 0.3) is 5.91 Å². The summed E-state index contributed by atoms with van der Waals surface area (Å²) < 4.78 is 20.9. The van der Waals surface area contributed by atoms with E-state index in [9.17, 15) is 4.79 Å². The Morgan fingerprint density at radius 2 is 2.00 bits per heavy atom. The Kier molecular flexibility index (Phi) is 5.22. The standard InChI is InChI=1S/C12H19N3O.ClH/c1-9(2)15-12(16)11-6-4-10(5-7-11)8-14-13-3;/h4-7,9,13-14H,8H2,1-3H3,(H,15,16);1H/i3D3;. The molecule has 0 unspecified atom stereocenters. The van der Waals surface area contributed by atoms with Crippen LogP contribution in [-0.4, -0.2) is 18.9 Å². The van der Waals surface area contributed by atoms with Gasteiger partial charge in [-0.05, 0) is 38.5 Å². The van der Waals surface area contributed by atoms with Crippen LogP contribution in [0.1, 0.15) is 33.9 Å². The third-order valence-corrected chi connectivity index (χ3v) is 2.02. The number of nitrogens with one attached hydrogen (secondary N) is 3. The van der Waals surface area contributed by atoms with Crippen molar-refractivity contribution in [2.75, 3.05) is 6.98 Å². The van der Waals surface area contributed by atoms with Crippen molar-refractivity contribution in [1.82, 2.24) is 16.2 Å². The molecule has 0 heterocycles. The van der Waals surface area contributed by atoms with Crippen molar-refractivity contribution in [3.8, 4) is 0 Å². The summed E-state index contributed by atoms with van der Waals surface area (Å²) >= 11 is 0. The van der Waals surface area contributed by atoms with Gasteiger partial charge in [0.15, 0.2) is 0 Å². The summed E-state index contributed by atoms with van der Waals surface area (Å²) in [7, 11) is 0. The number of hydrogen-bond acceptors (Lipinski definition) is 3. The first kappa shape index (κ1) is 11.0. The first-order valence-corrected chi connectivity index (χ1v) is 5.18. The summed E-state index contributed by atoms with van der Waals surface area (Å²) in [6.07, 6.45) is 0. The first-order chi connectivity index (χ1) is 8.78. The second-order valence-electron chi connectivity index (χ2n) is 3.80. The third-order valence-electron chi connectivity index (χ3n) is 2.02. The van der Waals surface area contributed by atoms with E-state index in [1.165, 1.54) is 0 Å². The maximum absolute atomic E-state index is 11.7. The van der Waals surface area contributed by atoms with Crippen LogP contribution in [0, 0.1) is 0 Å². The summed E-state index contributed by atoms with van der Waals surface area (Å²) in [5, 5.41) is 2.80. The smallest absolute Gasteiger partial charge is 0.251 e. The number of carbonyl (C=O) groups is 1. The highest BCUT2D eigenvalue weighted by molar-refractivity contribution is 5.94. The Bertz CT molecular complexity index is 421. The molecule has 0 bridgehead atoms. The van der Waals surface area contributed by atoms with Crippen LogP contribution in [0.2, 0.25) is 0 Å². The molecule has 0 atom stereocenters. The second kappa shape index (κ2) is 8.06. The fourth-order valence-electron chi connectivity index (χ4n) is 1.27. The van der Waals surface area contributed by atoms with E-state index >= 15 is 0 Å². The predicted molar refractivity (Wildman–Crippen MR) is 72.2 cm³/mol. The van der Waals surface area contributed by atoms with Gasteiger partial charge in [0, 0.05) is 22.3 Å². The fourth-order valence-corrected chi connectivity index (χ4v) is 1.27. The van der Waals surface area contributed by atoms with Crippen molar-refractivity contribution >= 4 is 18.3 Å². The van der Waals surface area contributed by atoms with E-state index in [1.807, 2.05) is 13.8 Å². The molecule has 96 valence electrons. The molecule has 0 radical (unpaired) electrons. The average molecular weight is 261 g/mol. The van der Waals surface area contributed by atoms with Gasteiger partial charge in [0.1, 0.15) is 0 Å². The first-order valence-electron chi connectivity index (χ1n) is 6.68. The van der Waals surface area contributed by atoms with Crippen LogP contribution < -0.4 is 16.2 Å². The minimum absolute atomic E-state index is 0. The normalized spacial score (nSPS) is 13.2. The van der Waals surface area contributed by atoms with Crippen molar-refractivity contribution in [1.29, 1.82) is 0 Å². The van der Waals surface area contributed by atoms with E-state index in [0.717, 1.165) is 5.56 Å². The molecule has 1 aromatic rings. The molecule has 0 spiro atoms. The zero-order valence-electron chi connectivity index (χ0n) is 12.9. The van der Waals surface area contributed by atoms with E-state index in [0.29, 0.717) is 12.1 Å². The molecule has 0 saturated carbocycles. The van der Waals surface area contributed by atoms with Gasteiger partial charge in [-0.25, -0.2) is 0 Å². The monoisotopic (exact) mass is 260 g/mol.